The molecule has 0 spiro atoms. The third-order valence-electron chi connectivity index (χ3n) is 4.77. The number of carbonyl (C=O) groups excluding carboxylic acids is 1. The fourth-order valence-electron chi connectivity index (χ4n) is 3.31. The first kappa shape index (κ1) is 22.9. The zero-order valence-corrected chi connectivity index (χ0v) is 18.6. The molecule has 0 amide bonds. The van der Waals surface area contributed by atoms with Crippen LogP contribution >= 0.6 is 0 Å². The molecule has 1 N–H and O–H groups in total. The summed E-state index contributed by atoms with van der Waals surface area (Å²) in [6.45, 7) is 6.92. The Bertz CT molecular complexity index is 715. The first-order valence-electron chi connectivity index (χ1n) is 8.91. The van der Waals surface area contributed by atoms with Crippen LogP contribution in [0.15, 0.2) is 30.3 Å². The van der Waals surface area contributed by atoms with E-state index in [1.807, 2.05) is 42.1 Å². The molecule has 0 aliphatic rings. The summed E-state index contributed by atoms with van der Waals surface area (Å²) in [5.74, 6) is -1.03. The molecule has 0 bridgehead atoms. The summed E-state index contributed by atoms with van der Waals surface area (Å²) in [5, 5.41) is 19.6. The summed E-state index contributed by atoms with van der Waals surface area (Å²) in [4.78, 5) is 11.8. The Balaban J connectivity index is 0.00000338. The topological polar surface area (TPSA) is 70.0 Å². The maximum absolute atomic E-state index is 11.8. The molecule has 1 unspecified atom stereocenters. The second-order valence-electron chi connectivity index (χ2n) is 6.82. The second kappa shape index (κ2) is 10.3. The molecular weight excluding hydrogens is 337 g/mol. The van der Waals surface area contributed by atoms with Gasteiger partial charge in [0.2, 0.25) is 0 Å². The van der Waals surface area contributed by atoms with Crippen molar-refractivity contribution in [3.8, 4) is 0 Å². The van der Waals surface area contributed by atoms with Crippen molar-refractivity contribution < 1.29 is 39.5 Å². The first-order valence-corrected chi connectivity index (χ1v) is 8.91. The van der Waals surface area contributed by atoms with Crippen molar-refractivity contribution in [2.75, 3.05) is 6.54 Å². The summed E-state index contributed by atoms with van der Waals surface area (Å²) >= 11 is 0. The van der Waals surface area contributed by atoms with Crippen molar-refractivity contribution >= 4 is 5.97 Å². The Morgan fingerprint density at radius 2 is 1.88 bits per heavy atom. The van der Waals surface area contributed by atoms with Gasteiger partial charge in [0.15, 0.2) is 0 Å². The molecule has 6 heteroatoms. The van der Waals surface area contributed by atoms with Gasteiger partial charge in [-0.05, 0) is 24.8 Å². The first-order chi connectivity index (χ1) is 11.9. The molecule has 136 valence electrons. The van der Waals surface area contributed by atoms with Crippen molar-refractivity contribution in [1.82, 2.24) is 15.1 Å². The molecule has 1 aromatic heterocycles. The van der Waals surface area contributed by atoms with E-state index >= 15 is 0 Å². The summed E-state index contributed by atoms with van der Waals surface area (Å²) in [7, 11) is 1.96. The van der Waals surface area contributed by atoms with Gasteiger partial charge < -0.3 is 15.2 Å². The van der Waals surface area contributed by atoms with Crippen LogP contribution < -0.4 is 40.0 Å². The largest absolute Gasteiger partial charge is 1.00 e. The second-order valence-corrected chi connectivity index (χ2v) is 6.82. The molecule has 26 heavy (non-hydrogen) atoms. The number of nitrogens with zero attached hydrogens (tertiary/aromatic N) is 2. The van der Waals surface area contributed by atoms with Gasteiger partial charge in [0.1, 0.15) is 0 Å². The number of carbonyl (C=O) groups is 1. The summed E-state index contributed by atoms with van der Waals surface area (Å²) in [6.07, 6.45) is 2.21. The molecule has 1 heterocycles. The third kappa shape index (κ3) is 5.43. The van der Waals surface area contributed by atoms with Gasteiger partial charge in [0, 0.05) is 42.8 Å². The molecule has 0 fully saturated rings. The molecule has 1 atom stereocenters. The SMILES string of the molecule is CCc1nn(C)c(CC)c1CNCC(C)(Cc1ccccc1)C(=O)[O-].[Na+]. The standard InChI is InChI=1S/C20H29N3O2.Na/c1-5-17-16(18(6-2)23(4)22-17)13-21-14-20(3,19(24)25)12-15-10-8-7-9-11-15;/h7-11,21H,5-6,12-14H2,1-4H3,(H,24,25);/q;+1/p-1. The van der Waals surface area contributed by atoms with Crippen LogP contribution in [0.4, 0.5) is 0 Å². The van der Waals surface area contributed by atoms with E-state index in [-0.39, 0.29) is 29.6 Å². The van der Waals surface area contributed by atoms with Crippen LogP contribution in [0, 0.1) is 5.41 Å². The van der Waals surface area contributed by atoms with Gasteiger partial charge in [0.25, 0.3) is 0 Å². The number of aromatic nitrogens is 2. The fraction of sp³-hybridized carbons (Fsp3) is 0.500. The Kier molecular flexibility index (Phi) is 9.04. The quantitative estimate of drug-likeness (QED) is 0.557. The molecule has 0 radical (unpaired) electrons. The average molecular weight is 365 g/mol. The number of carboxylic acid groups (broad SMARTS) is 1. The van der Waals surface area contributed by atoms with Gasteiger partial charge in [0.05, 0.1) is 5.69 Å². The van der Waals surface area contributed by atoms with Crippen LogP contribution in [0.2, 0.25) is 0 Å². The predicted molar refractivity (Wildman–Crippen MR) is 96.9 cm³/mol. The van der Waals surface area contributed by atoms with Crippen molar-refractivity contribution in [1.29, 1.82) is 0 Å². The van der Waals surface area contributed by atoms with Gasteiger partial charge in [-0.15, -0.1) is 0 Å². The molecule has 5 nitrogen and oxygen atoms in total. The Hall–Kier alpha value is -1.14. The van der Waals surface area contributed by atoms with Gasteiger partial charge in [-0.1, -0.05) is 51.1 Å². The molecule has 1 aromatic carbocycles. The Labute approximate surface area is 178 Å². The minimum atomic E-state index is -1.03. The van der Waals surface area contributed by atoms with Crippen molar-refractivity contribution in [2.24, 2.45) is 12.5 Å². The van der Waals surface area contributed by atoms with Crippen molar-refractivity contribution in [2.45, 2.75) is 46.6 Å². The molecule has 0 aliphatic carbocycles. The number of hydrogen-bond donors (Lipinski definition) is 1. The predicted octanol–water partition coefficient (Wildman–Crippen LogP) is -1.36. The van der Waals surface area contributed by atoms with E-state index in [1.165, 1.54) is 11.3 Å². The zero-order valence-electron chi connectivity index (χ0n) is 16.6. The third-order valence-corrected chi connectivity index (χ3v) is 4.77. The normalized spacial score (nSPS) is 13.1. The number of hydrogen-bond acceptors (Lipinski definition) is 4. The minimum Gasteiger partial charge on any atom is -0.550 e. The van der Waals surface area contributed by atoms with E-state index < -0.39 is 11.4 Å². The Morgan fingerprint density at radius 1 is 1.23 bits per heavy atom. The van der Waals surface area contributed by atoms with E-state index in [1.54, 1.807) is 6.92 Å². The number of aryl methyl sites for hydroxylation is 2. The van der Waals surface area contributed by atoms with Crippen molar-refractivity contribution in [3.05, 3.63) is 52.8 Å². The van der Waals surface area contributed by atoms with E-state index in [0.717, 1.165) is 24.1 Å². The van der Waals surface area contributed by atoms with Crippen molar-refractivity contribution in [3.63, 3.8) is 0 Å². The number of benzene rings is 1. The zero-order chi connectivity index (χ0) is 18.4. The van der Waals surface area contributed by atoms with Crippen LogP contribution in [0.5, 0.6) is 0 Å². The molecule has 2 rings (SSSR count). The van der Waals surface area contributed by atoms with Gasteiger partial charge >= 0.3 is 29.6 Å². The summed E-state index contributed by atoms with van der Waals surface area (Å²) in [5.41, 5.74) is 3.50. The molecule has 0 saturated heterocycles. The van der Waals surface area contributed by atoms with E-state index in [0.29, 0.717) is 19.5 Å². The monoisotopic (exact) mass is 365 g/mol. The molecule has 2 aromatic rings. The van der Waals surface area contributed by atoms with E-state index in [2.05, 4.69) is 24.3 Å². The Morgan fingerprint density at radius 3 is 2.42 bits per heavy atom. The maximum atomic E-state index is 11.8. The van der Waals surface area contributed by atoms with Gasteiger partial charge in [-0.2, -0.15) is 5.10 Å². The maximum Gasteiger partial charge on any atom is 1.00 e. The number of nitrogens with one attached hydrogen (secondary N) is 1. The number of aliphatic carboxylic acids is 1. The van der Waals surface area contributed by atoms with E-state index in [9.17, 15) is 9.90 Å². The van der Waals surface area contributed by atoms with Gasteiger partial charge in [-0.25, -0.2) is 0 Å². The average Bonchev–Trinajstić information content (AvgIpc) is 2.90. The fourth-order valence-corrected chi connectivity index (χ4v) is 3.31. The smallest absolute Gasteiger partial charge is 0.550 e. The minimum absolute atomic E-state index is 0. The van der Waals surface area contributed by atoms with Crippen LogP contribution in [0.1, 0.15) is 43.3 Å². The molecular formula is C20H28N3NaO2. The van der Waals surface area contributed by atoms with E-state index in [4.69, 9.17) is 0 Å². The van der Waals surface area contributed by atoms with Crippen LogP contribution in [0.25, 0.3) is 0 Å². The van der Waals surface area contributed by atoms with Crippen LogP contribution in [-0.4, -0.2) is 22.3 Å². The summed E-state index contributed by atoms with van der Waals surface area (Å²) in [6, 6.07) is 9.68. The van der Waals surface area contributed by atoms with Crippen LogP contribution in [-0.2, 0) is 37.6 Å². The number of rotatable bonds is 9. The molecule has 0 saturated carbocycles. The summed E-state index contributed by atoms with van der Waals surface area (Å²) < 4.78 is 1.93. The van der Waals surface area contributed by atoms with Gasteiger partial charge in [-0.3, -0.25) is 4.68 Å². The molecule has 0 aliphatic heterocycles. The number of carboxylic acids is 1. The van der Waals surface area contributed by atoms with Crippen LogP contribution in [0.3, 0.4) is 0 Å².